The molecule has 2 rings (SSSR count). The molecule has 10 heteroatoms. The third-order valence-corrected chi connectivity index (χ3v) is 4.27. The molecule has 0 heterocycles. The fraction of sp³-hybridized carbons (Fsp3) is 0.182. The second-order valence-electron chi connectivity index (χ2n) is 6.59. The first-order valence-electron chi connectivity index (χ1n) is 9.43. The number of carbonyl (C=O) groups is 6. The van der Waals surface area contributed by atoms with Crippen molar-refractivity contribution in [3.63, 3.8) is 0 Å². The van der Waals surface area contributed by atoms with Gasteiger partial charge < -0.3 is 10.2 Å². The fourth-order valence-corrected chi connectivity index (χ4v) is 2.77. The van der Waals surface area contributed by atoms with Crippen LogP contribution in [0.5, 0.6) is 0 Å². The maximum absolute atomic E-state index is 12.6. The largest absolute Gasteiger partial charge is 0.480 e. The van der Waals surface area contributed by atoms with Gasteiger partial charge in [-0.05, 0) is 24.3 Å². The maximum Gasteiger partial charge on any atom is 0.323 e. The number of amides is 4. The SMILES string of the molecule is O=C(O)CN(C(=O)CCC(=O)N(CC(=O)O)C(=O)c1ccccc1)C(=O)c1ccccc1. The molecule has 0 unspecified atom stereocenters. The number of hydrogen-bond acceptors (Lipinski definition) is 6. The van der Waals surface area contributed by atoms with Crippen LogP contribution in [0.4, 0.5) is 0 Å². The summed E-state index contributed by atoms with van der Waals surface area (Å²) in [5, 5.41) is 18.1. The summed E-state index contributed by atoms with van der Waals surface area (Å²) in [5.41, 5.74) is 0.167. The number of hydrogen-bond donors (Lipinski definition) is 2. The van der Waals surface area contributed by atoms with Crippen molar-refractivity contribution in [2.24, 2.45) is 0 Å². The third kappa shape index (κ3) is 6.59. The minimum Gasteiger partial charge on any atom is -0.480 e. The van der Waals surface area contributed by atoms with Gasteiger partial charge in [0.2, 0.25) is 11.8 Å². The fourth-order valence-electron chi connectivity index (χ4n) is 2.77. The van der Waals surface area contributed by atoms with Gasteiger partial charge >= 0.3 is 11.9 Å². The molecule has 166 valence electrons. The monoisotopic (exact) mass is 440 g/mol. The van der Waals surface area contributed by atoms with Crippen molar-refractivity contribution in [3.05, 3.63) is 71.8 Å². The summed E-state index contributed by atoms with van der Waals surface area (Å²) in [7, 11) is 0. The summed E-state index contributed by atoms with van der Waals surface area (Å²) >= 11 is 0. The third-order valence-electron chi connectivity index (χ3n) is 4.27. The Morgan fingerprint density at radius 1 is 0.562 bits per heavy atom. The van der Waals surface area contributed by atoms with Crippen LogP contribution in [-0.4, -0.2) is 68.7 Å². The number of carboxylic acid groups (broad SMARTS) is 2. The number of carbonyl (C=O) groups excluding carboxylic acids is 4. The standard InChI is InChI=1S/C22H20N2O8/c25-17(23(13-19(27)28)21(31)15-7-3-1-4-8-15)11-12-18(26)24(14-20(29)30)22(32)16-9-5-2-6-10-16/h1-10H,11-14H2,(H,27,28)(H,29,30). The van der Waals surface area contributed by atoms with E-state index >= 15 is 0 Å². The summed E-state index contributed by atoms with van der Waals surface area (Å²) in [5.74, 6) is -6.46. The highest BCUT2D eigenvalue weighted by molar-refractivity contribution is 6.09. The predicted octanol–water partition coefficient (Wildman–Crippen LogP) is 1.27. The summed E-state index contributed by atoms with van der Waals surface area (Å²) in [4.78, 5) is 73.5. The number of rotatable bonds is 9. The summed E-state index contributed by atoms with van der Waals surface area (Å²) in [6, 6.07) is 15.1. The number of benzene rings is 2. The molecule has 0 fully saturated rings. The van der Waals surface area contributed by atoms with E-state index in [1.54, 1.807) is 36.4 Å². The van der Waals surface area contributed by atoms with E-state index in [9.17, 15) is 28.8 Å². The maximum atomic E-state index is 12.6. The molecule has 2 aromatic rings. The summed E-state index contributed by atoms with van der Waals surface area (Å²) in [6.45, 7) is -1.83. The molecule has 0 atom stereocenters. The molecule has 0 spiro atoms. The van der Waals surface area contributed by atoms with Crippen LogP contribution in [-0.2, 0) is 19.2 Å². The molecule has 0 aromatic heterocycles. The lowest BCUT2D eigenvalue weighted by Gasteiger charge is -2.21. The molecule has 0 bridgehead atoms. The van der Waals surface area contributed by atoms with Gasteiger partial charge in [-0.1, -0.05) is 36.4 Å². The molecule has 2 aromatic carbocycles. The van der Waals surface area contributed by atoms with E-state index in [4.69, 9.17) is 10.2 Å². The lowest BCUT2D eigenvalue weighted by molar-refractivity contribution is -0.144. The van der Waals surface area contributed by atoms with E-state index < -0.39 is 61.5 Å². The van der Waals surface area contributed by atoms with Crippen LogP contribution in [0.2, 0.25) is 0 Å². The summed E-state index contributed by atoms with van der Waals surface area (Å²) in [6.07, 6.45) is -1.19. The van der Waals surface area contributed by atoms with E-state index in [0.29, 0.717) is 9.80 Å². The Kier molecular flexibility index (Phi) is 8.35. The molecule has 10 nitrogen and oxygen atoms in total. The molecule has 0 saturated heterocycles. The Morgan fingerprint density at radius 2 is 0.875 bits per heavy atom. The highest BCUT2D eigenvalue weighted by atomic mass is 16.4. The van der Waals surface area contributed by atoms with Crippen LogP contribution < -0.4 is 0 Å². The van der Waals surface area contributed by atoms with Crippen LogP contribution in [0.3, 0.4) is 0 Å². The molecule has 0 aliphatic rings. The predicted molar refractivity (Wildman–Crippen MR) is 109 cm³/mol. The van der Waals surface area contributed by atoms with Gasteiger partial charge in [0.15, 0.2) is 0 Å². The normalized spacial score (nSPS) is 10.1. The van der Waals surface area contributed by atoms with E-state index in [1.165, 1.54) is 24.3 Å². The molecule has 32 heavy (non-hydrogen) atoms. The van der Waals surface area contributed by atoms with Crippen LogP contribution in [0.15, 0.2) is 60.7 Å². The van der Waals surface area contributed by atoms with Crippen LogP contribution in [0, 0.1) is 0 Å². The molecule has 2 N–H and O–H groups in total. The Labute approximate surface area is 182 Å². The van der Waals surface area contributed by atoms with E-state index in [0.717, 1.165) is 0 Å². The quantitative estimate of drug-likeness (QED) is 0.592. The Balaban J connectivity index is 2.14. The average molecular weight is 440 g/mol. The molecule has 0 aliphatic heterocycles. The first-order chi connectivity index (χ1) is 15.2. The van der Waals surface area contributed by atoms with Gasteiger partial charge in [-0.2, -0.15) is 0 Å². The Hall–Kier alpha value is -4.34. The van der Waals surface area contributed by atoms with Gasteiger partial charge in [0, 0.05) is 24.0 Å². The minimum atomic E-state index is -1.43. The van der Waals surface area contributed by atoms with Crippen molar-refractivity contribution in [3.8, 4) is 0 Å². The second kappa shape index (κ2) is 11.2. The van der Waals surface area contributed by atoms with Crippen molar-refractivity contribution in [1.29, 1.82) is 0 Å². The Morgan fingerprint density at radius 3 is 1.16 bits per heavy atom. The highest BCUT2D eigenvalue weighted by Gasteiger charge is 2.29. The smallest absolute Gasteiger partial charge is 0.323 e. The number of aliphatic carboxylic acids is 2. The van der Waals surface area contributed by atoms with Crippen molar-refractivity contribution in [2.45, 2.75) is 12.8 Å². The topological polar surface area (TPSA) is 149 Å². The van der Waals surface area contributed by atoms with Gasteiger partial charge in [-0.15, -0.1) is 0 Å². The average Bonchev–Trinajstić information content (AvgIpc) is 2.79. The van der Waals surface area contributed by atoms with Crippen molar-refractivity contribution in [1.82, 2.24) is 9.80 Å². The lowest BCUT2D eigenvalue weighted by atomic mass is 10.1. The molecule has 0 radical (unpaired) electrons. The van der Waals surface area contributed by atoms with Crippen molar-refractivity contribution in [2.75, 3.05) is 13.1 Å². The van der Waals surface area contributed by atoms with Crippen LogP contribution in [0.1, 0.15) is 33.6 Å². The van der Waals surface area contributed by atoms with Crippen LogP contribution >= 0.6 is 0 Å². The molecule has 0 saturated carbocycles. The molecule has 0 aliphatic carbocycles. The van der Waals surface area contributed by atoms with E-state index in [1.807, 2.05) is 0 Å². The zero-order chi connectivity index (χ0) is 23.7. The first kappa shape index (κ1) is 23.9. The van der Waals surface area contributed by atoms with E-state index in [-0.39, 0.29) is 11.1 Å². The number of imide groups is 2. The zero-order valence-electron chi connectivity index (χ0n) is 16.8. The van der Waals surface area contributed by atoms with Crippen molar-refractivity contribution >= 4 is 35.6 Å². The van der Waals surface area contributed by atoms with Gasteiger partial charge in [0.05, 0.1) is 0 Å². The van der Waals surface area contributed by atoms with Gasteiger partial charge in [-0.25, -0.2) is 0 Å². The van der Waals surface area contributed by atoms with Gasteiger partial charge in [0.1, 0.15) is 13.1 Å². The molecular weight excluding hydrogens is 420 g/mol. The second-order valence-corrected chi connectivity index (χ2v) is 6.59. The lowest BCUT2D eigenvalue weighted by Crippen LogP contribution is -2.43. The molecular formula is C22H20N2O8. The number of carboxylic acids is 2. The zero-order valence-corrected chi connectivity index (χ0v) is 16.8. The van der Waals surface area contributed by atoms with Gasteiger partial charge in [-0.3, -0.25) is 38.6 Å². The van der Waals surface area contributed by atoms with Crippen molar-refractivity contribution < 1.29 is 39.0 Å². The first-order valence-corrected chi connectivity index (χ1v) is 9.43. The molecule has 4 amide bonds. The van der Waals surface area contributed by atoms with E-state index in [2.05, 4.69) is 0 Å². The number of nitrogens with zero attached hydrogens (tertiary/aromatic N) is 2. The highest BCUT2D eigenvalue weighted by Crippen LogP contribution is 2.11. The minimum absolute atomic E-state index is 0.0835. The van der Waals surface area contributed by atoms with Crippen LogP contribution in [0.25, 0.3) is 0 Å². The Bertz CT molecular complexity index is 937. The van der Waals surface area contributed by atoms with Gasteiger partial charge in [0.25, 0.3) is 11.8 Å². The summed E-state index contributed by atoms with van der Waals surface area (Å²) < 4.78 is 0.